The minimum absolute atomic E-state index is 0.129. The van der Waals surface area contributed by atoms with E-state index in [0.717, 1.165) is 16.9 Å². The Hall–Kier alpha value is -2.24. The number of nitrogens with zero attached hydrogens (tertiary/aromatic N) is 2. The molecule has 1 heterocycles. The van der Waals surface area contributed by atoms with Gasteiger partial charge in [-0.1, -0.05) is 45.1 Å². The van der Waals surface area contributed by atoms with Gasteiger partial charge in [0.2, 0.25) is 15.4 Å². The first-order valence-corrected chi connectivity index (χ1v) is 11.2. The van der Waals surface area contributed by atoms with Crippen molar-refractivity contribution in [3.8, 4) is 11.5 Å². The van der Waals surface area contributed by atoms with Crippen LogP contribution in [0.3, 0.4) is 0 Å². The van der Waals surface area contributed by atoms with Crippen molar-refractivity contribution in [3.63, 3.8) is 0 Å². The number of benzene rings is 1. The molecule has 9 nitrogen and oxygen atoms in total. The number of carbonyl (C=O) groups excluding carboxylic acids is 1. The molecule has 0 spiro atoms. The molecule has 2 N–H and O–H groups in total. The fraction of sp³-hybridized carbons (Fsp3) is 0.500. The molecule has 0 unspecified atom stereocenters. The molecule has 0 aliphatic carbocycles. The van der Waals surface area contributed by atoms with Gasteiger partial charge in [0.1, 0.15) is 0 Å². The summed E-state index contributed by atoms with van der Waals surface area (Å²) in [5.74, 6) is 0.783. The van der Waals surface area contributed by atoms with Crippen molar-refractivity contribution in [1.82, 2.24) is 14.9 Å². The molecule has 0 radical (unpaired) electrons. The molecule has 160 valence electrons. The second-order valence-electron chi connectivity index (χ2n) is 7.27. The number of carbonyl (C=O) groups is 1. The molecular formula is C18H26N4O5S2. The third-order valence-electron chi connectivity index (χ3n) is 4.05. The van der Waals surface area contributed by atoms with Gasteiger partial charge in [0.25, 0.3) is 10.0 Å². The number of ether oxygens (including phenoxy) is 2. The van der Waals surface area contributed by atoms with E-state index in [1.807, 2.05) is 6.92 Å². The van der Waals surface area contributed by atoms with Crippen LogP contribution in [-0.4, -0.2) is 38.7 Å². The highest BCUT2D eigenvalue weighted by Gasteiger charge is 2.27. The van der Waals surface area contributed by atoms with Crippen LogP contribution in [0.4, 0.5) is 5.13 Å². The second kappa shape index (κ2) is 9.06. The van der Waals surface area contributed by atoms with E-state index in [9.17, 15) is 13.2 Å². The Morgan fingerprint density at radius 1 is 1.17 bits per heavy atom. The first kappa shape index (κ1) is 23.0. The van der Waals surface area contributed by atoms with Crippen molar-refractivity contribution >= 4 is 32.4 Å². The van der Waals surface area contributed by atoms with E-state index in [1.54, 1.807) is 39.0 Å². The molecule has 0 saturated heterocycles. The van der Waals surface area contributed by atoms with Gasteiger partial charge in [-0.25, -0.2) is 13.1 Å². The summed E-state index contributed by atoms with van der Waals surface area (Å²) < 4.78 is 38.5. The summed E-state index contributed by atoms with van der Waals surface area (Å²) in [6.07, 6.45) is 0.501. The minimum atomic E-state index is -3.93. The molecule has 0 aliphatic rings. The van der Waals surface area contributed by atoms with Gasteiger partial charge >= 0.3 is 0 Å². The Balaban J connectivity index is 2.22. The first-order chi connectivity index (χ1) is 13.5. The Bertz CT molecular complexity index is 967. The largest absolute Gasteiger partial charge is 0.493 e. The lowest BCUT2D eigenvalue weighted by atomic mass is 9.96. The number of amides is 1. The molecule has 2 aromatic rings. The molecule has 0 bridgehead atoms. The lowest BCUT2D eigenvalue weighted by Crippen LogP contribution is -2.28. The molecule has 0 saturated carbocycles. The van der Waals surface area contributed by atoms with Crippen LogP contribution >= 0.6 is 11.3 Å². The molecule has 1 aromatic carbocycles. The Kier molecular flexibility index (Phi) is 7.20. The van der Waals surface area contributed by atoms with Crippen molar-refractivity contribution in [2.24, 2.45) is 5.41 Å². The molecule has 11 heteroatoms. The summed E-state index contributed by atoms with van der Waals surface area (Å²) in [6.45, 7) is 7.10. The van der Waals surface area contributed by atoms with Crippen LogP contribution in [0.25, 0.3) is 0 Å². The smallest absolute Gasteiger partial charge is 0.270 e. The number of aromatic nitrogens is 2. The highest BCUT2D eigenvalue weighted by molar-refractivity contribution is 7.91. The van der Waals surface area contributed by atoms with E-state index in [2.05, 4.69) is 20.2 Å². The van der Waals surface area contributed by atoms with Crippen LogP contribution in [0, 0.1) is 5.41 Å². The van der Waals surface area contributed by atoms with Crippen LogP contribution in [0.1, 0.15) is 45.7 Å². The maximum Gasteiger partial charge on any atom is 0.270 e. The standard InChI is InChI=1S/C18H26N4O5S2/c1-7-12(11-8-9-13(26-5)14(10-11)27-6)22-29(24,25)17-21-20-16(28-17)19-15(23)18(2,3)4/h8-10,12,22H,7H2,1-6H3,(H,19,20,23)/t12-/m1/s1. The average molecular weight is 443 g/mol. The minimum Gasteiger partial charge on any atom is -0.493 e. The number of rotatable bonds is 8. The number of sulfonamides is 1. The quantitative estimate of drug-likeness (QED) is 0.603. The lowest BCUT2D eigenvalue weighted by molar-refractivity contribution is -0.123. The Labute approximate surface area is 174 Å². The maximum absolute atomic E-state index is 12.8. The van der Waals surface area contributed by atoms with Crippen LogP contribution < -0.4 is 19.5 Å². The zero-order valence-corrected chi connectivity index (χ0v) is 18.9. The van der Waals surface area contributed by atoms with Crippen LogP contribution in [-0.2, 0) is 14.8 Å². The molecule has 1 amide bonds. The van der Waals surface area contributed by atoms with Crippen molar-refractivity contribution < 1.29 is 22.7 Å². The number of hydrogen-bond acceptors (Lipinski definition) is 8. The van der Waals surface area contributed by atoms with E-state index in [0.29, 0.717) is 17.9 Å². The van der Waals surface area contributed by atoms with Gasteiger partial charge in [0, 0.05) is 11.5 Å². The maximum atomic E-state index is 12.8. The van der Waals surface area contributed by atoms with Crippen LogP contribution in [0.2, 0.25) is 0 Å². The predicted molar refractivity (Wildman–Crippen MR) is 111 cm³/mol. The van der Waals surface area contributed by atoms with Gasteiger partial charge in [-0.2, -0.15) is 0 Å². The molecule has 1 aromatic heterocycles. The predicted octanol–water partition coefficient (Wildman–Crippen LogP) is 2.97. The van der Waals surface area contributed by atoms with Gasteiger partial charge in [-0.15, -0.1) is 10.2 Å². The van der Waals surface area contributed by atoms with Gasteiger partial charge in [0.05, 0.1) is 14.2 Å². The summed E-state index contributed by atoms with van der Waals surface area (Å²) in [4.78, 5) is 12.1. The normalized spacial score (nSPS) is 13.0. The number of methoxy groups -OCH3 is 2. The molecule has 0 aliphatic heterocycles. The Morgan fingerprint density at radius 2 is 1.83 bits per heavy atom. The summed E-state index contributed by atoms with van der Waals surface area (Å²) in [7, 11) is -0.888. The van der Waals surface area contributed by atoms with E-state index in [4.69, 9.17) is 9.47 Å². The fourth-order valence-corrected chi connectivity index (χ4v) is 4.57. The Morgan fingerprint density at radius 3 is 2.38 bits per heavy atom. The van der Waals surface area contributed by atoms with Crippen LogP contribution in [0.15, 0.2) is 22.5 Å². The summed E-state index contributed by atoms with van der Waals surface area (Å²) in [6, 6.07) is 4.71. The van der Waals surface area contributed by atoms with Crippen LogP contribution in [0.5, 0.6) is 11.5 Å². The molecular weight excluding hydrogens is 416 g/mol. The highest BCUT2D eigenvalue weighted by atomic mass is 32.2. The molecule has 29 heavy (non-hydrogen) atoms. The van der Waals surface area contributed by atoms with Crippen molar-refractivity contribution in [1.29, 1.82) is 0 Å². The van der Waals surface area contributed by atoms with Crippen molar-refractivity contribution in [2.75, 3.05) is 19.5 Å². The van der Waals surface area contributed by atoms with Gasteiger partial charge < -0.3 is 14.8 Å². The zero-order chi connectivity index (χ0) is 21.8. The SMILES string of the molecule is CC[C@@H](NS(=O)(=O)c1nnc(NC(=O)C(C)(C)C)s1)c1ccc(OC)c(OC)c1. The van der Waals surface area contributed by atoms with Gasteiger partial charge in [-0.05, 0) is 24.1 Å². The summed E-state index contributed by atoms with van der Waals surface area (Å²) in [5, 5.41) is 10.2. The van der Waals surface area contributed by atoms with Crippen molar-refractivity contribution in [2.45, 2.75) is 44.5 Å². The summed E-state index contributed by atoms with van der Waals surface area (Å²) >= 11 is 0.796. The van der Waals surface area contributed by atoms with Crippen molar-refractivity contribution in [3.05, 3.63) is 23.8 Å². The zero-order valence-electron chi connectivity index (χ0n) is 17.3. The second-order valence-corrected chi connectivity index (χ2v) is 10.1. The lowest BCUT2D eigenvalue weighted by Gasteiger charge is -2.18. The topological polar surface area (TPSA) is 120 Å². The first-order valence-electron chi connectivity index (χ1n) is 8.91. The number of anilines is 1. The highest BCUT2D eigenvalue weighted by Crippen LogP contribution is 2.32. The fourth-order valence-electron chi connectivity index (χ4n) is 2.35. The number of nitrogens with one attached hydrogen (secondary N) is 2. The van der Waals surface area contributed by atoms with E-state index < -0.39 is 21.5 Å². The van der Waals surface area contributed by atoms with E-state index in [1.165, 1.54) is 14.2 Å². The average Bonchev–Trinajstić information content (AvgIpc) is 3.14. The molecule has 0 fully saturated rings. The van der Waals surface area contributed by atoms with E-state index in [-0.39, 0.29) is 15.4 Å². The third kappa shape index (κ3) is 5.64. The third-order valence-corrected chi connectivity index (χ3v) is 6.73. The number of hydrogen-bond donors (Lipinski definition) is 2. The van der Waals surface area contributed by atoms with E-state index >= 15 is 0 Å². The van der Waals surface area contributed by atoms with Gasteiger partial charge in [-0.3, -0.25) is 4.79 Å². The van der Waals surface area contributed by atoms with Gasteiger partial charge in [0.15, 0.2) is 11.5 Å². The molecule has 1 atom stereocenters. The monoisotopic (exact) mass is 442 g/mol. The molecule has 2 rings (SSSR count). The summed E-state index contributed by atoms with van der Waals surface area (Å²) in [5.41, 5.74) is 0.0865.